The standard InChI is InChI=1S/C14H21NO5/c1-14(2,3)20-13(18)15-8-5-6-9(15)11(10(16)7-8)12(17)19-4/h8-9,11H,5-7H2,1-4H3/t8-,9-,11?/m0/s1. The lowest BCUT2D eigenvalue weighted by Gasteiger charge is -2.38. The van der Waals surface area contributed by atoms with Crippen molar-refractivity contribution in [2.45, 2.75) is 57.7 Å². The summed E-state index contributed by atoms with van der Waals surface area (Å²) in [5.74, 6) is -1.57. The molecule has 0 aromatic carbocycles. The van der Waals surface area contributed by atoms with Gasteiger partial charge in [-0.05, 0) is 33.6 Å². The van der Waals surface area contributed by atoms with Crippen LogP contribution in [0.4, 0.5) is 4.79 Å². The number of carbonyl (C=O) groups is 3. The first-order chi connectivity index (χ1) is 9.24. The highest BCUT2D eigenvalue weighted by Crippen LogP contribution is 2.38. The normalized spacial score (nSPS) is 29.3. The quantitative estimate of drug-likeness (QED) is 0.539. The first-order valence-corrected chi connectivity index (χ1v) is 6.86. The molecule has 2 heterocycles. The summed E-state index contributed by atoms with van der Waals surface area (Å²) in [7, 11) is 1.26. The maximum Gasteiger partial charge on any atom is 0.410 e. The van der Waals surface area contributed by atoms with Gasteiger partial charge in [0.15, 0.2) is 5.78 Å². The number of rotatable bonds is 1. The molecule has 0 saturated carbocycles. The summed E-state index contributed by atoms with van der Waals surface area (Å²) in [5.41, 5.74) is -0.598. The van der Waals surface area contributed by atoms with Crippen LogP contribution in [-0.2, 0) is 19.1 Å². The van der Waals surface area contributed by atoms with E-state index in [1.807, 2.05) is 0 Å². The zero-order valence-electron chi connectivity index (χ0n) is 12.3. The van der Waals surface area contributed by atoms with E-state index >= 15 is 0 Å². The van der Waals surface area contributed by atoms with E-state index in [1.54, 1.807) is 25.7 Å². The van der Waals surface area contributed by atoms with Crippen molar-refractivity contribution in [2.24, 2.45) is 5.92 Å². The molecule has 1 unspecified atom stereocenters. The molecule has 2 rings (SSSR count). The Hall–Kier alpha value is -1.59. The maximum atomic E-state index is 12.3. The second-order valence-corrected chi connectivity index (χ2v) is 6.36. The lowest BCUT2D eigenvalue weighted by atomic mass is 9.89. The fourth-order valence-corrected chi connectivity index (χ4v) is 3.03. The Morgan fingerprint density at radius 1 is 1.25 bits per heavy atom. The molecular formula is C14H21NO5. The molecule has 2 aliphatic rings. The summed E-state index contributed by atoms with van der Waals surface area (Å²) in [6.45, 7) is 5.37. The van der Waals surface area contributed by atoms with Crippen LogP contribution >= 0.6 is 0 Å². The Balaban J connectivity index is 2.21. The fourth-order valence-electron chi connectivity index (χ4n) is 3.03. The van der Waals surface area contributed by atoms with Crippen molar-refractivity contribution in [3.63, 3.8) is 0 Å². The molecule has 0 aromatic heterocycles. The van der Waals surface area contributed by atoms with Gasteiger partial charge in [-0.25, -0.2) is 4.79 Å². The van der Waals surface area contributed by atoms with Crippen molar-refractivity contribution in [3.05, 3.63) is 0 Å². The zero-order valence-corrected chi connectivity index (χ0v) is 12.3. The molecule has 2 bridgehead atoms. The number of hydrogen-bond donors (Lipinski definition) is 0. The Kier molecular flexibility index (Phi) is 3.75. The lowest BCUT2D eigenvalue weighted by molar-refractivity contribution is -0.154. The number of esters is 1. The van der Waals surface area contributed by atoms with Crippen molar-refractivity contribution >= 4 is 17.8 Å². The number of carbonyl (C=O) groups excluding carboxylic acids is 3. The molecule has 6 heteroatoms. The fraction of sp³-hybridized carbons (Fsp3) is 0.786. The molecule has 3 atom stereocenters. The van der Waals surface area contributed by atoms with Gasteiger partial charge >= 0.3 is 12.1 Å². The summed E-state index contributed by atoms with van der Waals surface area (Å²) in [6.07, 6.45) is 1.11. The average molecular weight is 283 g/mol. The Morgan fingerprint density at radius 2 is 1.90 bits per heavy atom. The highest BCUT2D eigenvalue weighted by molar-refractivity contribution is 6.01. The summed E-state index contributed by atoms with van der Waals surface area (Å²) >= 11 is 0. The van der Waals surface area contributed by atoms with Gasteiger partial charge in [0.05, 0.1) is 13.2 Å². The lowest BCUT2D eigenvalue weighted by Crippen LogP contribution is -2.55. The Morgan fingerprint density at radius 3 is 2.45 bits per heavy atom. The van der Waals surface area contributed by atoms with Gasteiger partial charge in [-0.1, -0.05) is 0 Å². The van der Waals surface area contributed by atoms with Crippen molar-refractivity contribution in [2.75, 3.05) is 7.11 Å². The van der Waals surface area contributed by atoms with Crippen molar-refractivity contribution in [3.8, 4) is 0 Å². The number of amides is 1. The minimum absolute atomic E-state index is 0.135. The van der Waals surface area contributed by atoms with Crippen LogP contribution in [0.25, 0.3) is 0 Å². The summed E-state index contributed by atoms with van der Waals surface area (Å²) < 4.78 is 10.1. The van der Waals surface area contributed by atoms with E-state index in [-0.39, 0.29) is 18.2 Å². The molecule has 20 heavy (non-hydrogen) atoms. The van der Waals surface area contributed by atoms with Crippen LogP contribution in [-0.4, -0.2) is 47.5 Å². The number of methoxy groups -OCH3 is 1. The van der Waals surface area contributed by atoms with E-state index in [2.05, 4.69) is 0 Å². The van der Waals surface area contributed by atoms with Gasteiger partial charge in [-0.2, -0.15) is 0 Å². The molecule has 0 N–H and O–H groups in total. The first kappa shape index (κ1) is 14.8. The molecular weight excluding hydrogens is 262 g/mol. The molecule has 112 valence electrons. The maximum absolute atomic E-state index is 12.3. The number of nitrogens with zero attached hydrogens (tertiary/aromatic N) is 1. The number of hydrogen-bond acceptors (Lipinski definition) is 5. The van der Waals surface area contributed by atoms with Crippen LogP contribution in [0.15, 0.2) is 0 Å². The molecule has 1 amide bonds. The smallest absolute Gasteiger partial charge is 0.410 e. The van der Waals surface area contributed by atoms with Crippen LogP contribution in [0.3, 0.4) is 0 Å². The topological polar surface area (TPSA) is 72.9 Å². The number of ketones is 1. The number of ether oxygens (including phenoxy) is 2. The van der Waals surface area contributed by atoms with Crippen LogP contribution in [0.5, 0.6) is 0 Å². The second-order valence-electron chi connectivity index (χ2n) is 6.36. The molecule has 2 fully saturated rings. The van der Waals surface area contributed by atoms with Crippen LogP contribution in [0.1, 0.15) is 40.0 Å². The van der Waals surface area contributed by atoms with Gasteiger partial charge < -0.3 is 14.4 Å². The number of piperidine rings is 1. The van der Waals surface area contributed by atoms with Gasteiger partial charge in [0.2, 0.25) is 0 Å². The van der Waals surface area contributed by atoms with Gasteiger partial charge in [-0.3, -0.25) is 9.59 Å². The minimum Gasteiger partial charge on any atom is -0.468 e. The third kappa shape index (κ3) is 2.64. The highest BCUT2D eigenvalue weighted by atomic mass is 16.6. The molecule has 2 aliphatic heterocycles. The summed E-state index contributed by atoms with van der Waals surface area (Å²) in [6, 6.07) is -0.577. The van der Waals surface area contributed by atoms with Crippen LogP contribution in [0, 0.1) is 5.92 Å². The second kappa shape index (κ2) is 5.07. The molecule has 6 nitrogen and oxygen atoms in total. The van der Waals surface area contributed by atoms with Crippen molar-refractivity contribution < 1.29 is 23.9 Å². The predicted molar refractivity (Wildman–Crippen MR) is 70.0 cm³/mol. The van der Waals surface area contributed by atoms with E-state index < -0.39 is 29.6 Å². The van der Waals surface area contributed by atoms with Crippen LogP contribution in [0.2, 0.25) is 0 Å². The Bertz CT molecular complexity index is 439. The first-order valence-electron chi connectivity index (χ1n) is 6.86. The van der Waals surface area contributed by atoms with E-state index in [0.717, 1.165) is 6.42 Å². The summed E-state index contributed by atoms with van der Waals surface area (Å²) in [5, 5.41) is 0. The SMILES string of the molecule is COC(=O)C1C(=O)C[C@@H]2CC[C@@H]1N2C(=O)OC(C)(C)C. The average Bonchev–Trinajstić information content (AvgIpc) is 2.63. The van der Waals surface area contributed by atoms with E-state index in [9.17, 15) is 14.4 Å². The largest absolute Gasteiger partial charge is 0.468 e. The Labute approximate surface area is 118 Å². The molecule has 0 spiro atoms. The van der Waals surface area contributed by atoms with Crippen molar-refractivity contribution in [1.82, 2.24) is 4.90 Å². The van der Waals surface area contributed by atoms with E-state index in [0.29, 0.717) is 6.42 Å². The van der Waals surface area contributed by atoms with Gasteiger partial charge in [0, 0.05) is 12.5 Å². The third-order valence-corrected chi connectivity index (χ3v) is 3.77. The van der Waals surface area contributed by atoms with Gasteiger partial charge in [0.1, 0.15) is 11.5 Å². The van der Waals surface area contributed by atoms with Gasteiger partial charge in [0.25, 0.3) is 0 Å². The highest BCUT2D eigenvalue weighted by Gasteiger charge is 2.53. The van der Waals surface area contributed by atoms with E-state index in [4.69, 9.17) is 9.47 Å². The molecule has 0 radical (unpaired) electrons. The molecule has 2 saturated heterocycles. The van der Waals surface area contributed by atoms with Gasteiger partial charge in [-0.15, -0.1) is 0 Å². The number of fused-ring (bicyclic) bond motifs is 2. The zero-order chi connectivity index (χ0) is 15.1. The van der Waals surface area contributed by atoms with Crippen molar-refractivity contribution in [1.29, 1.82) is 0 Å². The monoisotopic (exact) mass is 283 g/mol. The molecule has 0 aliphatic carbocycles. The minimum atomic E-state index is -0.869. The van der Waals surface area contributed by atoms with E-state index in [1.165, 1.54) is 7.11 Å². The predicted octanol–water partition coefficient (Wildman–Crippen LogP) is 1.52. The summed E-state index contributed by atoms with van der Waals surface area (Å²) in [4.78, 5) is 37.7. The van der Waals surface area contributed by atoms with Crippen LogP contribution < -0.4 is 0 Å². The number of Topliss-reactive ketones (excluding diaryl/α,β-unsaturated/α-hetero) is 1. The molecule has 0 aromatic rings. The third-order valence-electron chi connectivity index (χ3n) is 3.77.